The van der Waals surface area contributed by atoms with Gasteiger partial charge in [0.1, 0.15) is 0 Å². The highest BCUT2D eigenvalue weighted by molar-refractivity contribution is 5.63. The van der Waals surface area contributed by atoms with Crippen LogP contribution >= 0.6 is 0 Å². The van der Waals surface area contributed by atoms with Gasteiger partial charge in [-0.05, 0) is 74.1 Å². The van der Waals surface area contributed by atoms with Crippen molar-refractivity contribution in [1.29, 1.82) is 0 Å². The minimum absolute atomic E-state index is 1.08. The maximum absolute atomic E-state index is 2.68. The summed E-state index contributed by atoms with van der Waals surface area (Å²) in [5.74, 6) is 0. The van der Waals surface area contributed by atoms with Crippen LogP contribution < -0.4 is 0 Å². The Balaban J connectivity index is 1.87. The van der Waals surface area contributed by atoms with Crippen molar-refractivity contribution in [3.05, 3.63) is 59.7 Å². The average molecular weight is 549 g/mol. The van der Waals surface area contributed by atoms with E-state index < -0.39 is 0 Å². The van der Waals surface area contributed by atoms with Crippen LogP contribution in [0.1, 0.15) is 142 Å². The number of benzene rings is 2. The summed E-state index contributed by atoms with van der Waals surface area (Å²) >= 11 is 0. The molecule has 2 rings (SSSR count). The first kappa shape index (κ1) is 34.6. The smallest absolute Gasteiger partial charge is 0.0233 e. The molecule has 0 fully saturated rings. The Bertz CT molecular complexity index is 754. The highest BCUT2D eigenvalue weighted by Gasteiger charge is 2.08. The zero-order chi connectivity index (χ0) is 28.7. The summed E-state index contributed by atoms with van der Waals surface area (Å²) < 4.78 is 0. The Kier molecular flexibility index (Phi) is 19.9. The van der Waals surface area contributed by atoms with Crippen LogP contribution in [0.5, 0.6) is 0 Å². The molecule has 2 nitrogen and oxygen atoms in total. The molecule has 0 saturated heterocycles. The molecular weight excluding hydrogens is 484 g/mol. The second-order valence-corrected chi connectivity index (χ2v) is 12.2. The molecule has 0 aliphatic rings. The number of rotatable bonds is 25. The first-order valence-corrected chi connectivity index (χ1v) is 17.3. The molecule has 2 heteroatoms. The van der Waals surface area contributed by atoms with Crippen molar-refractivity contribution in [2.45, 2.75) is 144 Å². The number of nitrogens with zero attached hydrogens (tertiary/aromatic N) is 2. The summed E-state index contributed by atoms with van der Waals surface area (Å²) in [6.07, 6.45) is 21.7. The summed E-state index contributed by atoms with van der Waals surface area (Å²) in [4.78, 5) is 5.37. The van der Waals surface area contributed by atoms with Gasteiger partial charge in [0.2, 0.25) is 0 Å². The van der Waals surface area contributed by atoms with Gasteiger partial charge in [-0.15, -0.1) is 0 Å². The van der Waals surface area contributed by atoms with E-state index in [1.54, 1.807) is 0 Å². The lowest BCUT2D eigenvalue weighted by Gasteiger charge is -2.23. The summed E-state index contributed by atoms with van der Waals surface area (Å²) in [6.45, 7) is 16.3. The van der Waals surface area contributed by atoms with Crippen molar-refractivity contribution in [3.63, 3.8) is 0 Å². The molecule has 2 aromatic carbocycles. The predicted molar refractivity (Wildman–Crippen MR) is 179 cm³/mol. The molecule has 0 unspecified atom stereocenters. The van der Waals surface area contributed by atoms with Crippen molar-refractivity contribution in [2.24, 2.45) is 0 Å². The van der Waals surface area contributed by atoms with Gasteiger partial charge in [0.25, 0.3) is 0 Å². The Hall–Kier alpha value is -1.64. The fourth-order valence-corrected chi connectivity index (χ4v) is 5.66. The number of hydrogen-bond donors (Lipinski definition) is 0. The maximum atomic E-state index is 2.68. The van der Waals surface area contributed by atoms with Crippen molar-refractivity contribution in [1.82, 2.24) is 9.80 Å². The molecule has 0 N–H and O–H groups in total. The lowest BCUT2D eigenvalue weighted by atomic mass is 10.0. The third kappa shape index (κ3) is 15.4. The van der Waals surface area contributed by atoms with E-state index in [-0.39, 0.29) is 0 Å². The van der Waals surface area contributed by atoms with Crippen LogP contribution in [0.2, 0.25) is 0 Å². The standard InChI is InChI=1S/C38H64N2/c1-5-9-13-15-17-19-31-39(29-11-7-3)33-35-21-25-37(26-22-35)38-27-23-36(24-28-38)34-40(30-12-8-4)32-20-18-16-14-10-6-2/h21-28H,5-20,29-34H2,1-4H3. The molecule has 0 saturated carbocycles. The Labute approximate surface area is 249 Å². The highest BCUT2D eigenvalue weighted by atomic mass is 15.1. The topological polar surface area (TPSA) is 6.48 Å². The molecule has 2 aromatic rings. The van der Waals surface area contributed by atoms with Crippen LogP contribution in [0.3, 0.4) is 0 Å². The molecule has 0 aliphatic heterocycles. The van der Waals surface area contributed by atoms with Crippen molar-refractivity contribution >= 4 is 0 Å². The quantitative estimate of drug-likeness (QED) is 0.114. The minimum Gasteiger partial charge on any atom is -0.299 e. The van der Waals surface area contributed by atoms with Crippen molar-refractivity contribution in [3.8, 4) is 11.1 Å². The van der Waals surface area contributed by atoms with E-state index in [4.69, 9.17) is 0 Å². The normalized spacial score (nSPS) is 11.7. The summed E-state index contributed by atoms with van der Waals surface area (Å²) in [5, 5.41) is 0. The summed E-state index contributed by atoms with van der Waals surface area (Å²) in [5.41, 5.74) is 5.56. The molecule has 0 heterocycles. The van der Waals surface area contributed by atoms with Gasteiger partial charge in [0.15, 0.2) is 0 Å². The van der Waals surface area contributed by atoms with E-state index in [0.717, 1.165) is 13.1 Å². The lowest BCUT2D eigenvalue weighted by molar-refractivity contribution is 0.254. The fourth-order valence-electron chi connectivity index (χ4n) is 5.66. The molecule has 0 amide bonds. The van der Waals surface area contributed by atoms with E-state index in [1.165, 1.54) is 151 Å². The van der Waals surface area contributed by atoms with Crippen LogP contribution in [0.15, 0.2) is 48.5 Å². The van der Waals surface area contributed by atoms with Crippen molar-refractivity contribution in [2.75, 3.05) is 26.2 Å². The molecule has 0 atom stereocenters. The van der Waals surface area contributed by atoms with E-state index >= 15 is 0 Å². The monoisotopic (exact) mass is 549 g/mol. The average Bonchev–Trinajstić information content (AvgIpc) is 2.98. The van der Waals surface area contributed by atoms with Gasteiger partial charge >= 0.3 is 0 Å². The van der Waals surface area contributed by atoms with Gasteiger partial charge in [-0.25, -0.2) is 0 Å². The second-order valence-electron chi connectivity index (χ2n) is 12.2. The van der Waals surface area contributed by atoms with Gasteiger partial charge in [-0.3, -0.25) is 9.80 Å². The van der Waals surface area contributed by atoms with E-state index in [2.05, 4.69) is 86.0 Å². The summed E-state index contributed by atoms with van der Waals surface area (Å²) in [6, 6.07) is 18.8. The molecule has 0 radical (unpaired) electrons. The summed E-state index contributed by atoms with van der Waals surface area (Å²) in [7, 11) is 0. The molecule has 0 spiro atoms. The Morgan fingerprint density at radius 3 is 1.00 bits per heavy atom. The number of hydrogen-bond acceptors (Lipinski definition) is 2. The van der Waals surface area contributed by atoms with Gasteiger partial charge in [-0.2, -0.15) is 0 Å². The first-order valence-electron chi connectivity index (χ1n) is 17.3. The highest BCUT2D eigenvalue weighted by Crippen LogP contribution is 2.22. The maximum Gasteiger partial charge on any atom is 0.0233 e. The fraction of sp³-hybridized carbons (Fsp3) is 0.684. The minimum atomic E-state index is 1.08. The van der Waals surface area contributed by atoms with Gasteiger partial charge < -0.3 is 0 Å². The third-order valence-electron chi connectivity index (χ3n) is 8.37. The van der Waals surface area contributed by atoms with E-state index in [1.807, 2.05) is 0 Å². The van der Waals surface area contributed by atoms with Crippen molar-refractivity contribution < 1.29 is 0 Å². The molecule has 0 aromatic heterocycles. The van der Waals surface area contributed by atoms with E-state index in [0.29, 0.717) is 0 Å². The van der Waals surface area contributed by atoms with Crippen LogP contribution in [-0.4, -0.2) is 36.0 Å². The Morgan fingerprint density at radius 1 is 0.350 bits per heavy atom. The molecule has 0 bridgehead atoms. The molecule has 40 heavy (non-hydrogen) atoms. The lowest BCUT2D eigenvalue weighted by Crippen LogP contribution is -2.25. The van der Waals surface area contributed by atoms with Gasteiger partial charge in [0.05, 0.1) is 0 Å². The van der Waals surface area contributed by atoms with Gasteiger partial charge in [0, 0.05) is 13.1 Å². The zero-order valence-corrected chi connectivity index (χ0v) is 27.1. The largest absolute Gasteiger partial charge is 0.299 e. The van der Waals surface area contributed by atoms with Crippen LogP contribution in [0.4, 0.5) is 0 Å². The predicted octanol–water partition coefficient (Wildman–Crippen LogP) is 11.3. The third-order valence-corrected chi connectivity index (χ3v) is 8.37. The Morgan fingerprint density at radius 2 is 0.650 bits per heavy atom. The van der Waals surface area contributed by atoms with Crippen LogP contribution in [0.25, 0.3) is 11.1 Å². The van der Waals surface area contributed by atoms with E-state index in [9.17, 15) is 0 Å². The first-order chi connectivity index (χ1) is 19.7. The SMILES string of the molecule is CCCCCCCCN(CCCC)Cc1ccc(-c2ccc(CN(CCCC)CCCCCCCC)cc2)cc1. The molecular formula is C38H64N2. The van der Waals surface area contributed by atoms with Crippen LogP contribution in [0, 0.1) is 0 Å². The number of unbranched alkanes of at least 4 members (excludes halogenated alkanes) is 12. The van der Waals surface area contributed by atoms with Gasteiger partial charge in [-0.1, -0.05) is 153 Å². The molecule has 226 valence electrons. The zero-order valence-electron chi connectivity index (χ0n) is 27.1. The molecule has 0 aliphatic carbocycles. The second kappa shape index (κ2) is 23.0. The van der Waals surface area contributed by atoms with Crippen LogP contribution in [-0.2, 0) is 13.1 Å².